The topological polar surface area (TPSA) is 158 Å². The van der Waals surface area contributed by atoms with Crippen molar-refractivity contribution in [3.63, 3.8) is 0 Å². The molecule has 2 saturated heterocycles. The Morgan fingerprint density at radius 1 is 1.00 bits per heavy atom. The minimum Gasteiger partial charge on any atom is -0.388 e. The molecule has 1 unspecified atom stereocenters. The van der Waals surface area contributed by atoms with Crippen LogP contribution in [0.25, 0.3) is 0 Å². The van der Waals surface area contributed by atoms with E-state index in [0.29, 0.717) is 12.8 Å². The molecular formula is C21H36O10. The number of hydrogen-bond donors (Lipinski definition) is 6. The largest absolute Gasteiger partial charge is 0.388 e. The summed E-state index contributed by atoms with van der Waals surface area (Å²) in [5.74, 6) is 0. The highest BCUT2D eigenvalue weighted by Gasteiger charge is 2.47. The molecule has 180 valence electrons. The van der Waals surface area contributed by atoms with Crippen LogP contribution in [0.4, 0.5) is 0 Å². The first-order valence-electron chi connectivity index (χ1n) is 10.4. The van der Waals surface area contributed by atoms with E-state index in [1.165, 1.54) is 0 Å². The molecule has 0 aromatic rings. The predicted octanol–water partition coefficient (Wildman–Crippen LogP) is -1.04. The Hall–Kier alpha value is -0.920. The highest BCUT2D eigenvalue weighted by molar-refractivity contribution is 5.00. The first-order valence-corrected chi connectivity index (χ1v) is 10.4. The van der Waals surface area contributed by atoms with Gasteiger partial charge in [-0.25, -0.2) is 0 Å². The van der Waals surface area contributed by atoms with Gasteiger partial charge in [-0.15, -0.1) is 6.58 Å². The Kier molecular flexibility index (Phi) is 9.58. The lowest BCUT2D eigenvalue weighted by atomic mass is 9.96. The standard InChI is InChI=1S/C21H36O10/c1-5-21(4,8-6-7-11(2)3)31-20-18(27)16(25)15(24)13(30-20)10-29-19-17(26)14(23)12(22)9-28-19/h5,7,12-20,22-27H,1,6,8-10H2,2-4H3/t12-,13+,14-,15+,16-,17+,18+,19-,20-,21?/m0/s1. The van der Waals surface area contributed by atoms with Crippen LogP contribution in [-0.2, 0) is 18.9 Å². The Morgan fingerprint density at radius 3 is 2.26 bits per heavy atom. The highest BCUT2D eigenvalue weighted by atomic mass is 16.7. The first-order chi connectivity index (χ1) is 14.5. The van der Waals surface area contributed by atoms with Gasteiger partial charge in [0.2, 0.25) is 0 Å². The summed E-state index contributed by atoms with van der Waals surface area (Å²) in [4.78, 5) is 0. The molecule has 6 N–H and O–H groups in total. The maximum Gasteiger partial charge on any atom is 0.187 e. The molecule has 31 heavy (non-hydrogen) atoms. The Labute approximate surface area is 182 Å². The maximum atomic E-state index is 10.3. The van der Waals surface area contributed by atoms with E-state index < -0.39 is 60.9 Å². The summed E-state index contributed by atoms with van der Waals surface area (Å²) < 4.78 is 22.1. The van der Waals surface area contributed by atoms with E-state index in [1.54, 1.807) is 13.0 Å². The van der Waals surface area contributed by atoms with Gasteiger partial charge in [0.25, 0.3) is 0 Å². The summed E-state index contributed by atoms with van der Waals surface area (Å²) >= 11 is 0. The van der Waals surface area contributed by atoms with Crippen LogP contribution in [0.1, 0.15) is 33.6 Å². The van der Waals surface area contributed by atoms with E-state index in [0.717, 1.165) is 5.57 Å². The van der Waals surface area contributed by atoms with Crippen LogP contribution in [0.5, 0.6) is 0 Å². The normalized spacial score (nSPS) is 40.7. The fourth-order valence-electron chi connectivity index (χ4n) is 3.39. The summed E-state index contributed by atoms with van der Waals surface area (Å²) in [5.41, 5.74) is 0.286. The van der Waals surface area contributed by atoms with E-state index in [9.17, 15) is 30.6 Å². The highest BCUT2D eigenvalue weighted by Crippen LogP contribution is 2.30. The fourth-order valence-corrected chi connectivity index (χ4v) is 3.39. The van der Waals surface area contributed by atoms with E-state index in [2.05, 4.69) is 6.58 Å². The van der Waals surface area contributed by atoms with Gasteiger partial charge in [0.05, 0.1) is 18.8 Å². The molecule has 0 radical (unpaired) electrons. The van der Waals surface area contributed by atoms with Crippen LogP contribution >= 0.6 is 0 Å². The van der Waals surface area contributed by atoms with Crippen molar-refractivity contribution < 1.29 is 49.6 Å². The number of ether oxygens (including phenoxy) is 4. The third-order valence-electron chi connectivity index (χ3n) is 5.56. The third kappa shape index (κ3) is 6.78. The monoisotopic (exact) mass is 448 g/mol. The van der Waals surface area contributed by atoms with Crippen LogP contribution < -0.4 is 0 Å². The first kappa shape index (κ1) is 26.3. The minimum absolute atomic E-state index is 0.243. The molecule has 10 nitrogen and oxygen atoms in total. The van der Waals surface area contributed by atoms with Gasteiger partial charge in [-0.1, -0.05) is 17.7 Å². The number of rotatable bonds is 9. The van der Waals surface area contributed by atoms with Crippen molar-refractivity contribution in [3.8, 4) is 0 Å². The molecule has 0 aromatic carbocycles. The van der Waals surface area contributed by atoms with Gasteiger partial charge >= 0.3 is 0 Å². The average molecular weight is 449 g/mol. The van der Waals surface area contributed by atoms with Crippen molar-refractivity contribution in [2.24, 2.45) is 0 Å². The molecule has 2 rings (SSSR count). The van der Waals surface area contributed by atoms with Crippen LogP contribution in [0.2, 0.25) is 0 Å². The van der Waals surface area contributed by atoms with Crippen LogP contribution in [-0.4, -0.2) is 105 Å². The van der Waals surface area contributed by atoms with Gasteiger partial charge in [-0.3, -0.25) is 0 Å². The molecule has 0 bridgehead atoms. The zero-order valence-electron chi connectivity index (χ0n) is 18.2. The average Bonchev–Trinajstić information content (AvgIpc) is 2.72. The molecule has 0 aromatic heterocycles. The van der Waals surface area contributed by atoms with Crippen molar-refractivity contribution in [1.29, 1.82) is 0 Å². The molecule has 0 spiro atoms. The molecule has 2 fully saturated rings. The molecule has 2 aliphatic heterocycles. The summed E-state index contributed by atoms with van der Waals surface area (Å²) in [5, 5.41) is 60.1. The molecule has 0 aliphatic carbocycles. The second kappa shape index (κ2) is 11.3. The second-order valence-electron chi connectivity index (χ2n) is 8.55. The molecule has 10 heteroatoms. The quantitative estimate of drug-likeness (QED) is 0.241. The Balaban J connectivity index is 2.01. The number of aliphatic hydroxyl groups is 6. The maximum absolute atomic E-state index is 10.3. The van der Waals surface area contributed by atoms with Gasteiger partial charge in [0.15, 0.2) is 12.6 Å². The second-order valence-corrected chi connectivity index (χ2v) is 8.55. The fraction of sp³-hybridized carbons (Fsp3) is 0.810. The van der Waals surface area contributed by atoms with Gasteiger partial charge in [0.1, 0.15) is 42.7 Å². The van der Waals surface area contributed by atoms with E-state index >= 15 is 0 Å². The van der Waals surface area contributed by atoms with E-state index in [1.807, 2.05) is 19.9 Å². The number of hydrogen-bond acceptors (Lipinski definition) is 10. The number of allylic oxidation sites excluding steroid dienone is 2. The van der Waals surface area contributed by atoms with Gasteiger partial charge in [-0.05, 0) is 33.6 Å². The summed E-state index contributed by atoms with van der Waals surface area (Å²) in [6, 6.07) is 0. The molecular weight excluding hydrogens is 412 g/mol. The van der Waals surface area contributed by atoms with Crippen LogP contribution in [0.15, 0.2) is 24.3 Å². The minimum atomic E-state index is -1.57. The summed E-state index contributed by atoms with van der Waals surface area (Å²) in [7, 11) is 0. The third-order valence-corrected chi connectivity index (χ3v) is 5.56. The smallest absolute Gasteiger partial charge is 0.187 e. The van der Waals surface area contributed by atoms with Crippen molar-refractivity contribution in [3.05, 3.63) is 24.3 Å². The SMILES string of the molecule is C=CC(C)(CCC=C(C)C)O[C@@H]1O[C@H](CO[C@@H]2OC[C@H](O)[C@H](O)[C@H]2O)[C@@H](O)[C@H](O)[C@H]1O. The van der Waals surface area contributed by atoms with Gasteiger partial charge in [-0.2, -0.15) is 0 Å². The molecule has 0 saturated carbocycles. The van der Waals surface area contributed by atoms with Crippen LogP contribution in [0.3, 0.4) is 0 Å². The van der Waals surface area contributed by atoms with Crippen LogP contribution in [0, 0.1) is 0 Å². The Bertz CT molecular complexity index is 609. The van der Waals surface area contributed by atoms with Gasteiger partial charge in [0, 0.05) is 0 Å². The van der Waals surface area contributed by atoms with E-state index in [4.69, 9.17) is 18.9 Å². The molecule has 2 heterocycles. The number of aliphatic hydroxyl groups excluding tert-OH is 6. The lowest BCUT2D eigenvalue weighted by Gasteiger charge is -2.43. The van der Waals surface area contributed by atoms with E-state index in [-0.39, 0.29) is 13.2 Å². The lowest BCUT2D eigenvalue weighted by Crippen LogP contribution is -2.61. The lowest BCUT2D eigenvalue weighted by molar-refractivity contribution is -0.333. The van der Waals surface area contributed by atoms with Crippen molar-refractivity contribution in [2.45, 2.75) is 94.5 Å². The molecule has 2 aliphatic rings. The summed E-state index contributed by atoms with van der Waals surface area (Å²) in [6.45, 7) is 8.94. The van der Waals surface area contributed by atoms with Crippen molar-refractivity contribution in [2.75, 3.05) is 13.2 Å². The zero-order valence-corrected chi connectivity index (χ0v) is 18.2. The van der Waals surface area contributed by atoms with Crippen molar-refractivity contribution >= 4 is 0 Å². The zero-order chi connectivity index (χ0) is 23.3. The Morgan fingerprint density at radius 2 is 1.65 bits per heavy atom. The summed E-state index contributed by atoms with van der Waals surface area (Å²) in [6.07, 6.45) is -7.54. The van der Waals surface area contributed by atoms with Gasteiger partial charge < -0.3 is 49.6 Å². The molecule has 0 amide bonds. The molecule has 10 atom stereocenters. The van der Waals surface area contributed by atoms with Crippen molar-refractivity contribution in [1.82, 2.24) is 0 Å². The predicted molar refractivity (Wildman–Crippen MR) is 109 cm³/mol.